The van der Waals surface area contributed by atoms with Gasteiger partial charge in [0.1, 0.15) is 11.5 Å². The molecule has 5 rings (SSSR count). The highest BCUT2D eigenvalue weighted by atomic mass is 16.5. The molecule has 5 aromatic rings. The van der Waals surface area contributed by atoms with Gasteiger partial charge >= 0.3 is 0 Å². The van der Waals surface area contributed by atoms with Crippen LogP contribution in [0.25, 0.3) is 22.3 Å². The first-order chi connectivity index (χ1) is 26.6. The summed E-state index contributed by atoms with van der Waals surface area (Å²) in [6.45, 7) is 5.98. The summed E-state index contributed by atoms with van der Waals surface area (Å²) >= 11 is 0. The lowest BCUT2D eigenvalue weighted by molar-refractivity contribution is 0.304. The van der Waals surface area contributed by atoms with Gasteiger partial charge in [-0.3, -0.25) is 14.8 Å². The van der Waals surface area contributed by atoms with Crippen molar-refractivity contribution < 1.29 is 9.47 Å². The third-order valence-electron chi connectivity index (χ3n) is 9.50. The van der Waals surface area contributed by atoms with E-state index in [-0.39, 0.29) is 5.43 Å². The lowest BCUT2D eigenvalue weighted by Crippen LogP contribution is -2.05. The minimum atomic E-state index is -0.0135. The lowest BCUT2D eigenvalue weighted by Gasteiger charge is -2.06. The third kappa shape index (κ3) is 13.3. The summed E-state index contributed by atoms with van der Waals surface area (Å²) < 4.78 is 11.8. The summed E-state index contributed by atoms with van der Waals surface area (Å²) in [6.07, 6.45) is 18.7. The first-order valence-corrected chi connectivity index (χ1v) is 20.0. The molecule has 0 aliphatic carbocycles. The highest BCUT2D eigenvalue weighted by molar-refractivity contribution is 5.84. The highest BCUT2D eigenvalue weighted by Crippen LogP contribution is 2.23. The highest BCUT2D eigenvalue weighted by Gasteiger charge is 2.08. The Labute approximate surface area is 322 Å². The van der Waals surface area contributed by atoms with E-state index < -0.39 is 0 Å². The first kappa shape index (κ1) is 39.9. The molecule has 280 valence electrons. The van der Waals surface area contributed by atoms with Gasteiger partial charge in [-0.15, -0.1) is 0 Å². The van der Waals surface area contributed by atoms with Crippen molar-refractivity contribution in [3.8, 4) is 33.8 Å². The largest absolute Gasteiger partial charge is 0.494 e. The zero-order valence-corrected chi connectivity index (χ0v) is 32.2. The van der Waals surface area contributed by atoms with Crippen LogP contribution in [0, 0.1) is 0 Å². The average Bonchev–Trinajstić information content (AvgIpc) is 3.41. The first-order valence-electron chi connectivity index (χ1n) is 20.0. The molecule has 0 radical (unpaired) electrons. The zero-order chi connectivity index (χ0) is 37.6. The monoisotopic (exact) mass is 720 g/mol. The Kier molecular flexibility index (Phi) is 16.8. The molecule has 0 fully saturated rings. The second-order valence-corrected chi connectivity index (χ2v) is 13.9. The lowest BCUT2D eigenvalue weighted by atomic mass is 10.0. The normalized spacial score (nSPS) is 11.4. The van der Waals surface area contributed by atoms with Crippen LogP contribution in [0.2, 0.25) is 0 Å². The Morgan fingerprint density at radius 3 is 1.20 bits per heavy atom. The number of unbranched alkanes of at least 4 members (excludes halogenated alkanes) is 10. The molecule has 0 aliphatic rings. The van der Waals surface area contributed by atoms with Crippen LogP contribution in [0.5, 0.6) is 11.5 Å². The summed E-state index contributed by atoms with van der Waals surface area (Å²) in [4.78, 5) is 23.1. The topological polar surface area (TPSA) is 60.3 Å². The summed E-state index contributed by atoms with van der Waals surface area (Å²) in [6, 6.07) is 39.3. The average molecular weight is 721 g/mol. The maximum absolute atomic E-state index is 13.8. The number of ether oxygens (including phenoxy) is 2. The van der Waals surface area contributed by atoms with Crippen molar-refractivity contribution in [1.82, 2.24) is 0 Å². The minimum Gasteiger partial charge on any atom is -0.494 e. The van der Waals surface area contributed by atoms with E-state index in [1.54, 1.807) is 0 Å². The van der Waals surface area contributed by atoms with E-state index in [0.717, 1.165) is 71.2 Å². The van der Waals surface area contributed by atoms with Crippen LogP contribution < -0.4 is 14.9 Å². The van der Waals surface area contributed by atoms with Crippen LogP contribution >= 0.6 is 0 Å². The van der Waals surface area contributed by atoms with Crippen molar-refractivity contribution >= 4 is 23.8 Å². The van der Waals surface area contributed by atoms with Crippen LogP contribution in [0.3, 0.4) is 0 Å². The van der Waals surface area contributed by atoms with Crippen molar-refractivity contribution in [1.29, 1.82) is 0 Å². The molecule has 0 aromatic heterocycles. The fourth-order valence-electron chi connectivity index (χ4n) is 6.25. The molecule has 5 aromatic carbocycles. The Hall–Kier alpha value is -5.29. The summed E-state index contributed by atoms with van der Waals surface area (Å²) in [5.41, 5.74) is 6.67. The molecule has 0 heterocycles. The van der Waals surface area contributed by atoms with Gasteiger partial charge in [0.2, 0.25) is 0 Å². The molecular formula is C49H56N2O3. The standard InChI is InChI=1S/C49H56N2O3/c1-3-5-7-9-11-15-35-53-45-31-27-43(28-32-45)50-37-39-19-23-41(24-20-39)47-17-13-14-18-48(49(47)52)42-25-21-40(22-26-42)38-51-44-29-33-46(34-30-44)54-36-16-12-10-8-6-4-2/h13-14,17-34,37-38H,3-12,15-16,35-36H2,1-2H3. The molecule has 0 amide bonds. The second-order valence-electron chi connectivity index (χ2n) is 13.9. The number of nitrogens with zero attached hydrogens (tertiary/aromatic N) is 2. The van der Waals surface area contributed by atoms with Gasteiger partial charge in [0, 0.05) is 23.6 Å². The molecule has 5 heteroatoms. The van der Waals surface area contributed by atoms with E-state index in [9.17, 15) is 4.79 Å². The molecule has 5 nitrogen and oxygen atoms in total. The number of aliphatic imine (C=N–C) groups is 2. The van der Waals surface area contributed by atoms with Gasteiger partial charge in [-0.05, 0) is 83.6 Å². The van der Waals surface area contributed by atoms with Crippen molar-refractivity contribution in [2.24, 2.45) is 9.98 Å². The zero-order valence-electron chi connectivity index (χ0n) is 32.2. The number of rotatable bonds is 22. The minimum absolute atomic E-state index is 0.0135. The summed E-state index contributed by atoms with van der Waals surface area (Å²) in [5.74, 6) is 1.75. The van der Waals surface area contributed by atoms with Crippen LogP contribution in [-0.2, 0) is 0 Å². The Balaban J connectivity index is 1.14. The van der Waals surface area contributed by atoms with E-state index in [1.807, 2.05) is 134 Å². The Morgan fingerprint density at radius 1 is 0.444 bits per heavy atom. The molecule has 0 aliphatic heterocycles. The molecule has 0 saturated heterocycles. The third-order valence-corrected chi connectivity index (χ3v) is 9.50. The Morgan fingerprint density at radius 2 is 0.815 bits per heavy atom. The summed E-state index contributed by atoms with van der Waals surface area (Å²) in [7, 11) is 0. The molecule has 54 heavy (non-hydrogen) atoms. The second kappa shape index (κ2) is 22.7. The SMILES string of the molecule is CCCCCCCCOc1ccc(N=Cc2ccc(-c3ccccc(-c4ccc(C=Nc5ccc(OCCCCCCCC)cc5)cc4)c3=O)cc2)cc1. The van der Waals surface area contributed by atoms with Gasteiger partial charge in [-0.25, -0.2) is 0 Å². The van der Waals surface area contributed by atoms with Crippen LogP contribution in [-0.4, -0.2) is 25.6 Å². The predicted octanol–water partition coefficient (Wildman–Crippen LogP) is 13.4. The van der Waals surface area contributed by atoms with Gasteiger partial charge < -0.3 is 9.47 Å². The van der Waals surface area contributed by atoms with Crippen molar-refractivity contribution in [3.63, 3.8) is 0 Å². The molecular weight excluding hydrogens is 665 g/mol. The van der Waals surface area contributed by atoms with Crippen molar-refractivity contribution in [2.75, 3.05) is 13.2 Å². The number of hydrogen-bond donors (Lipinski definition) is 0. The molecule has 0 unspecified atom stereocenters. The van der Waals surface area contributed by atoms with E-state index in [1.165, 1.54) is 64.2 Å². The smallest absolute Gasteiger partial charge is 0.194 e. The van der Waals surface area contributed by atoms with Gasteiger partial charge in [-0.1, -0.05) is 151 Å². The molecule has 0 N–H and O–H groups in total. The summed E-state index contributed by atoms with van der Waals surface area (Å²) in [5, 5.41) is 0. The quantitative estimate of drug-likeness (QED) is 0.0528. The molecule has 0 atom stereocenters. The molecule has 0 spiro atoms. The fourth-order valence-corrected chi connectivity index (χ4v) is 6.25. The number of benzene rings is 4. The molecule has 0 bridgehead atoms. The van der Waals surface area contributed by atoms with Crippen LogP contribution in [0.4, 0.5) is 11.4 Å². The van der Waals surface area contributed by atoms with E-state index >= 15 is 0 Å². The van der Waals surface area contributed by atoms with E-state index in [0.29, 0.717) is 11.1 Å². The van der Waals surface area contributed by atoms with Gasteiger partial charge in [0.05, 0.1) is 24.6 Å². The van der Waals surface area contributed by atoms with Gasteiger partial charge in [0.25, 0.3) is 0 Å². The maximum atomic E-state index is 13.8. The van der Waals surface area contributed by atoms with E-state index in [2.05, 4.69) is 23.8 Å². The van der Waals surface area contributed by atoms with Gasteiger partial charge in [-0.2, -0.15) is 0 Å². The van der Waals surface area contributed by atoms with Crippen LogP contribution in [0.15, 0.2) is 136 Å². The van der Waals surface area contributed by atoms with Crippen molar-refractivity contribution in [3.05, 3.63) is 143 Å². The van der Waals surface area contributed by atoms with Gasteiger partial charge in [0.15, 0.2) is 5.43 Å². The maximum Gasteiger partial charge on any atom is 0.194 e. The van der Waals surface area contributed by atoms with Crippen LogP contribution in [0.1, 0.15) is 102 Å². The molecule has 0 saturated carbocycles. The Bertz CT molecular complexity index is 1790. The van der Waals surface area contributed by atoms with E-state index in [4.69, 9.17) is 9.47 Å². The fraction of sp³-hybridized carbons (Fsp3) is 0.327. The number of hydrogen-bond acceptors (Lipinski definition) is 5. The predicted molar refractivity (Wildman–Crippen MR) is 229 cm³/mol. The van der Waals surface area contributed by atoms with Crippen molar-refractivity contribution in [2.45, 2.75) is 90.9 Å².